The summed E-state index contributed by atoms with van der Waals surface area (Å²) in [4.78, 5) is 11.8. The van der Waals surface area contributed by atoms with Crippen molar-refractivity contribution in [1.29, 1.82) is 0 Å². The lowest BCUT2D eigenvalue weighted by atomic mass is 10.3. The molecule has 2 aromatic heterocycles. The molecule has 2 rings (SSSR count). The molecule has 2 heterocycles. The molecule has 3 N–H and O–H groups in total. The highest BCUT2D eigenvalue weighted by atomic mass is 16.1. The van der Waals surface area contributed by atoms with Gasteiger partial charge in [0.1, 0.15) is 5.69 Å². The van der Waals surface area contributed by atoms with E-state index < -0.39 is 0 Å². The number of nitrogens with one attached hydrogen (secondary N) is 1. The van der Waals surface area contributed by atoms with Crippen LogP contribution >= 0.6 is 0 Å². The second kappa shape index (κ2) is 5.35. The molecule has 0 saturated heterocycles. The van der Waals surface area contributed by atoms with Gasteiger partial charge in [0.2, 0.25) is 0 Å². The Morgan fingerprint density at radius 1 is 1.56 bits per heavy atom. The first-order chi connectivity index (χ1) is 8.66. The number of nitrogens with zero attached hydrogens (tertiary/aromatic N) is 4. The highest BCUT2D eigenvalue weighted by Gasteiger charge is 2.09. The number of hydrogen-bond acceptors (Lipinski definition) is 4. The largest absolute Gasteiger partial charge is 0.397 e. The topological polar surface area (TPSA) is 90.8 Å². The monoisotopic (exact) mass is 248 g/mol. The zero-order valence-electron chi connectivity index (χ0n) is 10.2. The molecule has 2 aromatic rings. The second-order valence-electron chi connectivity index (χ2n) is 4.05. The van der Waals surface area contributed by atoms with Crippen LogP contribution < -0.4 is 11.1 Å². The van der Waals surface area contributed by atoms with Crippen LogP contribution in [0.3, 0.4) is 0 Å². The molecular weight excluding hydrogens is 232 g/mol. The average molecular weight is 248 g/mol. The number of anilines is 1. The summed E-state index contributed by atoms with van der Waals surface area (Å²) >= 11 is 0. The van der Waals surface area contributed by atoms with E-state index in [1.807, 2.05) is 0 Å². The van der Waals surface area contributed by atoms with Crippen molar-refractivity contribution < 1.29 is 4.79 Å². The zero-order valence-corrected chi connectivity index (χ0v) is 10.2. The van der Waals surface area contributed by atoms with E-state index in [0.29, 0.717) is 17.9 Å². The number of aromatic nitrogens is 4. The summed E-state index contributed by atoms with van der Waals surface area (Å²) in [5.74, 6) is -0.118. The number of carbonyl (C=O) groups excluding carboxylic acids is 1. The van der Waals surface area contributed by atoms with Crippen molar-refractivity contribution in [3.63, 3.8) is 0 Å². The fourth-order valence-corrected chi connectivity index (χ4v) is 1.70. The highest BCUT2D eigenvalue weighted by Crippen LogP contribution is 2.08. The Balaban J connectivity index is 1.77. The number of hydrogen-bond donors (Lipinski definition) is 2. The Hall–Kier alpha value is -2.31. The third kappa shape index (κ3) is 2.88. The van der Waals surface area contributed by atoms with E-state index in [0.717, 1.165) is 13.0 Å². The van der Waals surface area contributed by atoms with Crippen molar-refractivity contribution in [2.75, 3.05) is 12.3 Å². The molecule has 0 radical (unpaired) electrons. The van der Waals surface area contributed by atoms with Crippen LogP contribution in [0.25, 0.3) is 0 Å². The molecule has 0 saturated carbocycles. The normalized spacial score (nSPS) is 10.5. The quantitative estimate of drug-likeness (QED) is 0.730. The Kier molecular flexibility index (Phi) is 3.61. The fraction of sp³-hybridized carbons (Fsp3) is 0.364. The van der Waals surface area contributed by atoms with E-state index in [-0.39, 0.29) is 5.91 Å². The standard InChI is InChI=1S/C11H16N6O/c1-16-8-9(12)7-10(16)11(18)13-3-2-5-17-6-4-14-15-17/h4,6-8H,2-3,5,12H2,1H3,(H,13,18). The fourth-order valence-electron chi connectivity index (χ4n) is 1.70. The zero-order chi connectivity index (χ0) is 13.0. The van der Waals surface area contributed by atoms with Crippen LogP contribution in [0.5, 0.6) is 0 Å². The molecule has 0 atom stereocenters. The van der Waals surface area contributed by atoms with Gasteiger partial charge in [-0.3, -0.25) is 9.48 Å². The minimum absolute atomic E-state index is 0.118. The molecule has 0 unspecified atom stereocenters. The van der Waals surface area contributed by atoms with Crippen LogP contribution in [0.1, 0.15) is 16.9 Å². The van der Waals surface area contributed by atoms with Crippen LogP contribution in [0.15, 0.2) is 24.7 Å². The summed E-state index contributed by atoms with van der Waals surface area (Å²) in [7, 11) is 1.79. The van der Waals surface area contributed by atoms with Crippen molar-refractivity contribution in [3.05, 3.63) is 30.4 Å². The predicted molar refractivity (Wildman–Crippen MR) is 66.8 cm³/mol. The van der Waals surface area contributed by atoms with Crippen LogP contribution in [0.2, 0.25) is 0 Å². The number of nitrogen functional groups attached to an aromatic ring is 1. The summed E-state index contributed by atoms with van der Waals surface area (Å²) in [5, 5.41) is 10.4. The molecule has 7 nitrogen and oxygen atoms in total. The Bertz CT molecular complexity index is 516. The van der Waals surface area contributed by atoms with Crippen LogP contribution in [0.4, 0.5) is 5.69 Å². The van der Waals surface area contributed by atoms with Gasteiger partial charge in [0, 0.05) is 32.5 Å². The van der Waals surface area contributed by atoms with Crippen molar-refractivity contribution in [3.8, 4) is 0 Å². The van der Waals surface area contributed by atoms with Crippen molar-refractivity contribution in [1.82, 2.24) is 24.9 Å². The van der Waals surface area contributed by atoms with Crippen LogP contribution in [-0.2, 0) is 13.6 Å². The molecule has 0 spiro atoms. The van der Waals surface area contributed by atoms with E-state index in [9.17, 15) is 4.79 Å². The first-order valence-corrected chi connectivity index (χ1v) is 5.71. The Labute approximate surface area is 105 Å². The molecule has 0 fully saturated rings. The van der Waals surface area contributed by atoms with E-state index in [2.05, 4.69) is 15.6 Å². The molecule has 0 bridgehead atoms. The van der Waals surface area contributed by atoms with Crippen LogP contribution in [0, 0.1) is 0 Å². The third-order valence-electron chi connectivity index (χ3n) is 2.58. The molecule has 0 aromatic carbocycles. The molecule has 0 aliphatic rings. The van der Waals surface area contributed by atoms with Crippen molar-refractivity contribution >= 4 is 11.6 Å². The van der Waals surface area contributed by atoms with E-state index in [1.165, 1.54) is 0 Å². The minimum Gasteiger partial charge on any atom is -0.397 e. The van der Waals surface area contributed by atoms with Crippen LogP contribution in [-0.4, -0.2) is 32.0 Å². The van der Waals surface area contributed by atoms with Gasteiger partial charge in [0.25, 0.3) is 5.91 Å². The number of nitrogens with two attached hydrogens (primary N) is 1. The van der Waals surface area contributed by atoms with Gasteiger partial charge in [-0.1, -0.05) is 5.21 Å². The van der Waals surface area contributed by atoms with Crippen molar-refractivity contribution in [2.24, 2.45) is 7.05 Å². The maximum absolute atomic E-state index is 11.8. The van der Waals surface area contributed by atoms with Gasteiger partial charge in [-0.25, -0.2) is 0 Å². The summed E-state index contributed by atoms with van der Waals surface area (Å²) < 4.78 is 3.44. The molecule has 0 aliphatic carbocycles. The molecule has 7 heteroatoms. The Morgan fingerprint density at radius 3 is 3.00 bits per heavy atom. The summed E-state index contributed by atoms with van der Waals surface area (Å²) in [6.45, 7) is 1.32. The minimum atomic E-state index is -0.118. The lowest BCUT2D eigenvalue weighted by Gasteiger charge is -2.05. The van der Waals surface area contributed by atoms with Gasteiger partial charge in [-0.2, -0.15) is 0 Å². The number of amides is 1. The summed E-state index contributed by atoms with van der Waals surface area (Å²) in [6.07, 6.45) is 5.93. The molecular formula is C11H16N6O. The van der Waals surface area contributed by atoms with Crippen molar-refractivity contribution in [2.45, 2.75) is 13.0 Å². The lowest BCUT2D eigenvalue weighted by Crippen LogP contribution is -2.27. The van der Waals surface area contributed by atoms with Gasteiger partial charge < -0.3 is 15.6 Å². The van der Waals surface area contributed by atoms with Gasteiger partial charge in [0.05, 0.1) is 11.9 Å². The SMILES string of the molecule is Cn1cc(N)cc1C(=O)NCCCn1ccnn1. The maximum atomic E-state index is 11.8. The van der Waals surface area contributed by atoms with E-state index in [4.69, 9.17) is 5.73 Å². The molecule has 1 amide bonds. The smallest absolute Gasteiger partial charge is 0.267 e. The van der Waals surface area contributed by atoms with Gasteiger partial charge in [-0.05, 0) is 12.5 Å². The van der Waals surface area contributed by atoms with Gasteiger partial charge in [0.15, 0.2) is 0 Å². The summed E-state index contributed by atoms with van der Waals surface area (Å²) in [5.41, 5.74) is 6.77. The molecule has 0 aliphatic heterocycles. The van der Waals surface area contributed by atoms with Gasteiger partial charge >= 0.3 is 0 Å². The van der Waals surface area contributed by atoms with E-state index in [1.54, 1.807) is 41.0 Å². The third-order valence-corrected chi connectivity index (χ3v) is 2.58. The average Bonchev–Trinajstić information content (AvgIpc) is 2.94. The van der Waals surface area contributed by atoms with E-state index >= 15 is 0 Å². The molecule has 18 heavy (non-hydrogen) atoms. The first-order valence-electron chi connectivity index (χ1n) is 5.71. The molecule has 96 valence electrons. The number of aryl methyl sites for hydroxylation is 2. The number of carbonyl (C=O) groups is 1. The highest BCUT2D eigenvalue weighted by molar-refractivity contribution is 5.93. The Morgan fingerprint density at radius 2 is 2.39 bits per heavy atom. The lowest BCUT2D eigenvalue weighted by molar-refractivity contribution is 0.0944. The first kappa shape index (κ1) is 12.2. The summed E-state index contributed by atoms with van der Waals surface area (Å²) in [6, 6.07) is 1.66. The maximum Gasteiger partial charge on any atom is 0.267 e. The second-order valence-corrected chi connectivity index (χ2v) is 4.05. The van der Waals surface area contributed by atoms with Gasteiger partial charge in [-0.15, -0.1) is 5.10 Å². The predicted octanol–water partition coefficient (Wildman–Crippen LogP) is 0.0189. The number of rotatable bonds is 5.